The molecular formula is C12H12F2N2. The fourth-order valence-corrected chi connectivity index (χ4v) is 1.75. The summed E-state index contributed by atoms with van der Waals surface area (Å²) in [6.07, 6.45) is 0. The molecule has 0 saturated carbocycles. The van der Waals surface area contributed by atoms with E-state index >= 15 is 0 Å². The lowest BCUT2D eigenvalue weighted by Crippen LogP contribution is -2.01. The summed E-state index contributed by atoms with van der Waals surface area (Å²) in [5, 5.41) is 3.39. The average Bonchev–Trinajstić information content (AvgIpc) is 2.15. The number of hydrogen-bond acceptors (Lipinski definition) is 2. The minimum Gasteiger partial charge on any atom is -0.385 e. The number of hydrogen-bond donors (Lipinski definition) is 1. The van der Waals surface area contributed by atoms with E-state index in [1.54, 1.807) is 13.0 Å². The summed E-state index contributed by atoms with van der Waals surface area (Å²) < 4.78 is 26.7. The van der Waals surface area contributed by atoms with Gasteiger partial charge in [-0.3, -0.25) is 4.98 Å². The number of nitrogens with one attached hydrogen (secondary N) is 1. The van der Waals surface area contributed by atoms with Crippen molar-refractivity contribution in [1.29, 1.82) is 0 Å². The largest absolute Gasteiger partial charge is 0.385 e. The Balaban J connectivity index is 2.78. The highest BCUT2D eigenvalue weighted by Crippen LogP contribution is 2.26. The van der Waals surface area contributed by atoms with E-state index in [4.69, 9.17) is 0 Å². The van der Waals surface area contributed by atoms with Gasteiger partial charge in [0.05, 0.1) is 10.9 Å². The van der Waals surface area contributed by atoms with Crippen LogP contribution in [0.1, 0.15) is 12.6 Å². The van der Waals surface area contributed by atoms with Crippen LogP contribution in [-0.4, -0.2) is 11.5 Å². The Labute approximate surface area is 92.3 Å². The van der Waals surface area contributed by atoms with Gasteiger partial charge in [-0.2, -0.15) is 0 Å². The van der Waals surface area contributed by atoms with E-state index in [1.807, 2.05) is 6.92 Å². The van der Waals surface area contributed by atoms with Crippen molar-refractivity contribution in [3.8, 4) is 0 Å². The maximum atomic E-state index is 13.6. The molecule has 1 N–H and O–H groups in total. The predicted octanol–water partition coefficient (Wildman–Crippen LogP) is 3.25. The highest BCUT2D eigenvalue weighted by atomic mass is 19.1. The van der Waals surface area contributed by atoms with Crippen LogP contribution in [0.15, 0.2) is 18.2 Å². The number of benzene rings is 1. The normalized spacial score (nSPS) is 10.8. The molecule has 4 heteroatoms. The van der Waals surface area contributed by atoms with Crippen molar-refractivity contribution in [3.63, 3.8) is 0 Å². The smallest absolute Gasteiger partial charge is 0.137 e. The SMILES string of the molecule is CCNc1cc(C)nc2cc(F)cc(F)c12. The molecule has 84 valence electrons. The third-order valence-corrected chi connectivity index (χ3v) is 2.32. The first-order chi connectivity index (χ1) is 7.61. The van der Waals surface area contributed by atoms with Crippen molar-refractivity contribution in [3.05, 3.63) is 35.5 Å². The summed E-state index contributed by atoms with van der Waals surface area (Å²) in [7, 11) is 0. The molecule has 1 aromatic carbocycles. The van der Waals surface area contributed by atoms with Crippen LogP contribution >= 0.6 is 0 Å². The van der Waals surface area contributed by atoms with Crippen molar-refractivity contribution < 1.29 is 8.78 Å². The lowest BCUT2D eigenvalue weighted by molar-refractivity contribution is 0.591. The molecule has 0 aliphatic rings. The van der Waals surface area contributed by atoms with E-state index in [2.05, 4.69) is 10.3 Å². The van der Waals surface area contributed by atoms with E-state index in [0.717, 1.165) is 11.8 Å². The zero-order chi connectivity index (χ0) is 11.7. The molecule has 0 amide bonds. The first-order valence-corrected chi connectivity index (χ1v) is 5.12. The molecule has 2 aromatic rings. The molecule has 0 saturated heterocycles. The number of pyridine rings is 1. The average molecular weight is 222 g/mol. The molecule has 0 aliphatic carbocycles. The minimum atomic E-state index is -0.606. The Bertz CT molecular complexity index is 533. The van der Waals surface area contributed by atoms with Crippen LogP contribution in [0.2, 0.25) is 0 Å². The lowest BCUT2D eigenvalue weighted by Gasteiger charge is -2.09. The van der Waals surface area contributed by atoms with E-state index in [1.165, 1.54) is 6.07 Å². The maximum absolute atomic E-state index is 13.6. The molecule has 0 spiro atoms. The predicted molar refractivity (Wildman–Crippen MR) is 60.6 cm³/mol. The molecule has 0 bridgehead atoms. The van der Waals surface area contributed by atoms with Gasteiger partial charge in [0.25, 0.3) is 0 Å². The van der Waals surface area contributed by atoms with Gasteiger partial charge in [-0.1, -0.05) is 0 Å². The van der Waals surface area contributed by atoms with Crippen LogP contribution < -0.4 is 5.32 Å². The Morgan fingerprint density at radius 3 is 2.69 bits per heavy atom. The fourth-order valence-electron chi connectivity index (χ4n) is 1.75. The van der Waals surface area contributed by atoms with Gasteiger partial charge in [0.2, 0.25) is 0 Å². The van der Waals surface area contributed by atoms with Gasteiger partial charge < -0.3 is 5.32 Å². The van der Waals surface area contributed by atoms with Crippen LogP contribution in [0.25, 0.3) is 10.9 Å². The van der Waals surface area contributed by atoms with Crippen LogP contribution in [0, 0.1) is 18.6 Å². The monoisotopic (exact) mass is 222 g/mol. The summed E-state index contributed by atoms with van der Waals surface area (Å²) in [5.74, 6) is -1.19. The molecule has 0 radical (unpaired) electrons. The van der Waals surface area contributed by atoms with Gasteiger partial charge in [-0.25, -0.2) is 8.78 Å². The van der Waals surface area contributed by atoms with Crippen LogP contribution in [0.3, 0.4) is 0 Å². The Morgan fingerprint density at radius 2 is 2.00 bits per heavy atom. The van der Waals surface area contributed by atoms with Crippen LogP contribution in [-0.2, 0) is 0 Å². The van der Waals surface area contributed by atoms with E-state index < -0.39 is 11.6 Å². The molecule has 0 unspecified atom stereocenters. The Kier molecular flexibility index (Phi) is 2.73. The van der Waals surface area contributed by atoms with Crippen molar-refractivity contribution in [1.82, 2.24) is 4.98 Å². The van der Waals surface area contributed by atoms with E-state index in [-0.39, 0.29) is 0 Å². The second kappa shape index (κ2) is 4.04. The van der Waals surface area contributed by atoms with E-state index in [9.17, 15) is 8.78 Å². The summed E-state index contributed by atoms with van der Waals surface area (Å²) >= 11 is 0. The summed E-state index contributed by atoms with van der Waals surface area (Å²) in [6.45, 7) is 4.39. The van der Waals surface area contributed by atoms with Crippen molar-refractivity contribution in [2.45, 2.75) is 13.8 Å². The van der Waals surface area contributed by atoms with Gasteiger partial charge in [0.15, 0.2) is 0 Å². The van der Waals surface area contributed by atoms with Gasteiger partial charge in [-0.05, 0) is 19.9 Å². The zero-order valence-electron chi connectivity index (χ0n) is 9.14. The third kappa shape index (κ3) is 1.83. The second-order valence-corrected chi connectivity index (χ2v) is 3.62. The van der Waals surface area contributed by atoms with E-state index in [0.29, 0.717) is 23.1 Å². The third-order valence-electron chi connectivity index (χ3n) is 2.32. The zero-order valence-corrected chi connectivity index (χ0v) is 9.14. The first-order valence-electron chi connectivity index (χ1n) is 5.12. The molecule has 2 rings (SSSR count). The lowest BCUT2D eigenvalue weighted by atomic mass is 10.1. The summed E-state index contributed by atoms with van der Waals surface area (Å²) in [5.41, 5.74) is 1.73. The molecule has 2 nitrogen and oxygen atoms in total. The van der Waals surface area contributed by atoms with Crippen molar-refractivity contribution in [2.24, 2.45) is 0 Å². The number of halogens is 2. The molecule has 0 aliphatic heterocycles. The fraction of sp³-hybridized carbons (Fsp3) is 0.250. The van der Waals surface area contributed by atoms with Gasteiger partial charge in [-0.15, -0.1) is 0 Å². The Morgan fingerprint density at radius 1 is 1.25 bits per heavy atom. The Hall–Kier alpha value is -1.71. The second-order valence-electron chi connectivity index (χ2n) is 3.62. The number of anilines is 1. The molecule has 0 atom stereocenters. The molecule has 1 aromatic heterocycles. The topological polar surface area (TPSA) is 24.9 Å². The number of nitrogens with zero attached hydrogens (tertiary/aromatic N) is 1. The number of rotatable bonds is 2. The summed E-state index contributed by atoms with van der Waals surface area (Å²) in [4.78, 5) is 4.12. The number of aromatic nitrogens is 1. The molecule has 1 heterocycles. The first kappa shape index (κ1) is 10.8. The quantitative estimate of drug-likeness (QED) is 0.843. The molecule has 16 heavy (non-hydrogen) atoms. The van der Waals surface area contributed by atoms with Gasteiger partial charge in [0, 0.05) is 30.1 Å². The van der Waals surface area contributed by atoms with Crippen LogP contribution in [0.4, 0.5) is 14.5 Å². The maximum Gasteiger partial charge on any atom is 0.137 e. The minimum absolute atomic E-state index is 0.341. The number of fused-ring (bicyclic) bond motifs is 1. The van der Waals surface area contributed by atoms with Crippen molar-refractivity contribution in [2.75, 3.05) is 11.9 Å². The molecule has 0 fully saturated rings. The van der Waals surface area contributed by atoms with Crippen molar-refractivity contribution >= 4 is 16.6 Å². The summed E-state index contributed by atoms with van der Waals surface area (Å²) in [6, 6.07) is 3.87. The molecular weight excluding hydrogens is 210 g/mol. The number of aryl methyl sites for hydroxylation is 1. The van der Waals surface area contributed by atoms with Crippen LogP contribution in [0.5, 0.6) is 0 Å². The standard InChI is InChI=1S/C12H12F2N2/c1-3-15-10-4-7(2)16-11-6-8(13)5-9(14)12(10)11/h4-6H,3H2,1-2H3,(H,15,16). The highest BCUT2D eigenvalue weighted by molar-refractivity contribution is 5.92. The van der Waals surface area contributed by atoms with Gasteiger partial charge in [0.1, 0.15) is 11.6 Å². The highest BCUT2D eigenvalue weighted by Gasteiger charge is 2.10. The van der Waals surface area contributed by atoms with Gasteiger partial charge >= 0.3 is 0 Å².